The smallest absolute Gasteiger partial charge is 0.250 e. The highest BCUT2D eigenvalue weighted by Gasteiger charge is 2.14. The first kappa shape index (κ1) is 13.1. The Balaban J connectivity index is 1.91. The molecule has 0 saturated heterocycles. The lowest BCUT2D eigenvalue weighted by Crippen LogP contribution is -2.04. The zero-order chi connectivity index (χ0) is 16.1. The van der Waals surface area contributed by atoms with Crippen LogP contribution in [-0.2, 0) is 0 Å². The number of hydrogen-bond donors (Lipinski definition) is 0. The van der Waals surface area contributed by atoms with Gasteiger partial charge in [-0.15, -0.1) is 0 Å². The Morgan fingerprint density at radius 3 is 2.50 bits per heavy atom. The van der Waals surface area contributed by atoms with Crippen molar-refractivity contribution >= 4 is 27.8 Å². The van der Waals surface area contributed by atoms with Crippen molar-refractivity contribution in [2.75, 3.05) is 0 Å². The molecule has 2 aromatic carbocycles. The van der Waals surface area contributed by atoms with Crippen LogP contribution in [-0.4, -0.2) is 9.38 Å². The first-order valence-electron chi connectivity index (χ1n) is 7.70. The van der Waals surface area contributed by atoms with E-state index in [1.165, 1.54) is 0 Å². The fourth-order valence-corrected chi connectivity index (χ4v) is 3.08. The van der Waals surface area contributed by atoms with Gasteiger partial charge in [-0.2, -0.15) is 4.98 Å². The molecule has 0 atom stereocenters. The number of imidazole rings is 1. The van der Waals surface area contributed by atoms with E-state index in [4.69, 9.17) is 4.42 Å². The van der Waals surface area contributed by atoms with Crippen LogP contribution in [0.15, 0.2) is 82.1 Å². The van der Waals surface area contributed by atoms with Gasteiger partial charge >= 0.3 is 0 Å². The Morgan fingerprint density at radius 1 is 0.833 bits per heavy atom. The van der Waals surface area contributed by atoms with Gasteiger partial charge in [0, 0.05) is 6.20 Å². The highest BCUT2D eigenvalue weighted by Crippen LogP contribution is 2.24. The summed E-state index contributed by atoms with van der Waals surface area (Å²) >= 11 is 0. The van der Waals surface area contributed by atoms with Crippen molar-refractivity contribution in [2.45, 2.75) is 0 Å². The molecule has 3 aromatic heterocycles. The Bertz CT molecular complexity index is 1270. The van der Waals surface area contributed by atoms with E-state index < -0.39 is 0 Å². The molecule has 0 amide bonds. The van der Waals surface area contributed by atoms with E-state index in [1.54, 1.807) is 12.1 Å². The maximum absolute atomic E-state index is 12.9. The van der Waals surface area contributed by atoms with Crippen LogP contribution < -0.4 is 5.43 Å². The van der Waals surface area contributed by atoms with Crippen LogP contribution >= 0.6 is 0 Å². The number of aromatic nitrogens is 2. The Kier molecular flexibility index (Phi) is 2.61. The average molecular weight is 312 g/mol. The van der Waals surface area contributed by atoms with Crippen molar-refractivity contribution in [3.05, 3.63) is 83.2 Å². The molecule has 0 saturated carbocycles. The summed E-state index contributed by atoms with van der Waals surface area (Å²) in [4.78, 5) is 17.3. The predicted molar refractivity (Wildman–Crippen MR) is 94.2 cm³/mol. The van der Waals surface area contributed by atoms with Crippen molar-refractivity contribution < 1.29 is 4.42 Å². The largest absolute Gasteiger partial charge is 0.436 e. The number of nitrogens with zero attached hydrogens (tertiary/aromatic N) is 2. The number of rotatable bonds is 1. The van der Waals surface area contributed by atoms with E-state index in [9.17, 15) is 4.79 Å². The fourth-order valence-electron chi connectivity index (χ4n) is 3.08. The SMILES string of the molecule is O=c1c2ccccc2oc2nc3ccc(-c4ccccc4)cn3c12. The molecule has 0 unspecified atom stereocenters. The number of benzene rings is 2. The van der Waals surface area contributed by atoms with Crippen LogP contribution in [0.3, 0.4) is 0 Å². The van der Waals surface area contributed by atoms with E-state index in [1.807, 2.05) is 65.2 Å². The lowest BCUT2D eigenvalue weighted by Gasteiger charge is -2.03. The summed E-state index contributed by atoms with van der Waals surface area (Å²) < 4.78 is 7.64. The molecular formula is C20H12N2O2. The topological polar surface area (TPSA) is 47.5 Å². The maximum atomic E-state index is 12.9. The van der Waals surface area contributed by atoms with Crippen molar-refractivity contribution in [2.24, 2.45) is 0 Å². The van der Waals surface area contributed by atoms with Gasteiger partial charge in [0.25, 0.3) is 0 Å². The lowest BCUT2D eigenvalue weighted by molar-refractivity contribution is 0.648. The molecular weight excluding hydrogens is 300 g/mol. The summed E-state index contributed by atoms with van der Waals surface area (Å²) in [5.74, 6) is 0. The highest BCUT2D eigenvalue weighted by molar-refractivity contribution is 5.88. The van der Waals surface area contributed by atoms with E-state index in [-0.39, 0.29) is 5.43 Å². The van der Waals surface area contributed by atoms with Gasteiger partial charge in [0.15, 0.2) is 5.52 Å². The van der Waals surface area contributed by atoms with Gasteiger partial charge in [-0.05, 0) is 35.4 Å². The van der Waals surface area contributed by atoms with Crippen molar-refractivity contribution in [1.29, 1.82) is 0 Å². The van der Waals surface area contributed by atoms with Gasteiger partial charge in [0.2, 0.25) is 11.1 Å². The highest BCUT2D eigenvalue weighted by atomic mass is 16.3. The third kappa shape index (κ3) is 1.80. The molecule has 5 rings (SSSR count). The quantitative estimate of drug-likeness (QED) is 0.464. The minimum atomic E-state index is -0.0652. The van der Waals surface area contributed by atoms with Crippen molar-refractivity contribution in [3.63, 3.8) is 0 Å². The van der Waals surface area contributed by atoms with Crippen LogP contribution in [0.1, 0.15) is 0 Å². The summed E-state index contributed by atoms with van der Waals surface area (Å²) in [6, 6.07) is 21.2. The van der Waals surface area contributed by atoms with Gasteiger partial charge in [0.05, 0.1) is 5.39 Å². The van der Waals surface area contributed by atoms with E-state index in [0.29, 0.717) is 27.8 Å². The summed E-state index contributed by atoms with van der Waals surface area (Å²) in [7, 11) is 0. The second kappa shape index (κ2) is 4.80. The minimum Gasteiger partial charge on any atom is -0.436 e. The van der Waals surface area contributed by atoms with Crippen LogP contribution in [0, 0.1) is 0 Å². The van der Waals surface area contributed by atoms with E-state index >= 15 is 0 Å². The van der Waals surface area contributed by atoms with Gasteiger partial charge in [-0.3, -0.25) is 9.20 Å². The zero-order valence-electron chi connectivity index (χ0n) is 12.6. The third-order valence-electron chi connectivity index (χ3n) is 4.25. The second-order valence-corrected chi connectivity index (χ2v) is 5.70. The predicted octanol–water partition coefficient (Wildman–Crippen LogP) is 4.26. The third-order valence-corrected chi connectivity index (χ3v) is 4.25. The molecule has 0 fully saturated rings. The fraction of sp³-hybridized carbons (Fsp3) is 0. The summed E-state index contributed by atoms with van der Waals surface area (Å²) in [5, 5.41) is 0.567. The van der Waals surface area contributed by atoms with Crippen LogP contribution in [0.4, 0.5) is 0 Å². The number of pyridine rings is 1. The summed E-state index contributed by atoms with van der Waals surface area (Å²) in [5.41, 5.74) is 4.14. The van der Waals surface area contributed by atoms with Crippen molar-refractivity contribution in [1.82, 2.24) is 9.38 Å². The van der Waals surface area contributed by atoms with Gasteiger partial charge in [0.1, 0.15) is 11.2 Å². The Morgan fingerprint density at radius 2 is 1.62 bits per heavy atom. The molecule has 0 aliphatic rings. The monoisotopic (exact) mass is 312 g/mol. The number of fused-ring (bicyclic) bond motifs is 4. The normalized spacial score (nSPS) is 11.5. The molecule has 0 aliphatic heterocycles. The molecule has 5 aromatic rings. The van der Waals surface area contributed by atoms with E-state index in [0.717, 1.165) is 11.1 Å². The molecule has 3 heterocycles. The summed E-state index contributed by atoms with van der Waals surface area (Å²) in [6.07, 6.45) is 1.94. The lowest BCUT2D eigenvalue weighted by atomic mass is 10.1. The molecule has 114 valence electrons. The van der Waals surface area contributed by atoms with Crippen LogP contribution in [0.5, 0.6) is 0 Å². The number of hydrogen-bond acceptors (Lipinski definition) is 3. The standard InChI is InChI=1S/C20H12N2O2/c23-19-15-8-4-5-9-16(15)24-20-18(19)22-12-14(10-11-17(22)21-20)13-6-2-1-3-7-13/h1-12H. The van der Waals surface area contributed by atoms with Crippen molar-refractivity contribution in [3.8, 4) is 11.1 Å². The first-order chi connectivity index (χ1) is 11.8. The molecule has 4 nitrogen and oxygen atoms in total. The zero-order valence-corrected chi connectivity index (χ0v) is 12.6. The minimum absolute atomic E-state index is 0.0652. The van der Waals surface area contributed by atoms with Gasteiger partial charge in [-0.25, -0.2) is 0 Å². The first-order valence-corrected chi connectivity index (χ1v) is 7.70. The number of para-hydroxylation sites is 1. The molecule has 24 heavy (non-hydrogen) atoms. The van der Waals surface area contributed by atoms with Crippen LogP contribution in [0.2, 0.25) is 0 Å². The summed E-state index contributed by atoms with van der Waals surface area (Å²) in [6.45, 7) is 0. The van der Waals surface area contributed by atoms with E-state index in [2.05, 4.69) is 4.98 Å². The molecule has 0 radical (unpaired) electrons. The molecule has 0 spiro atoms. The Labute approximate surface area is 136 Å². The maximum Gasteiger partial charge on any atom is 0.250 e. The molecule has 4 heteroatoms. The molecule has 0 aliphatic carbocycles. The van der Waals surface area contributed by atoms with Gasteiger partial charge < -0.3 is 4.42 Å². The second-order valence-electron chi connectivity index (χ2n) is 5.70. The van der Waals surface area contributed by atoms with Gasteiger partial charge in [-0.1, -0.05) is 42.5 Å². The Hall–Kier alpha value is -3.40. The molecule has 0 bridgehead atoms. The van der Waals surface area contributed by atoms with Crippen LogP contribution in [0.25, 0.3) is 39.0 Å². The molecule has 0 N–H and O–H groups in total. The average Bonchev–Trinajstić information content (AvgIpc) is 3.00.